The zero-order valence-electron chi connectivity index (χ0n) is 63.6. The van der Waals surface area contributed by atoms with Crippen LogP contribution >= 0.6 is 98.3 Å². The van der Waals surface area contributed by atoms with E-state index in [0.29, 0.717) is 60.4 Å². The molecule has 0 aliphatic rings. The van der Waals surface area contributed by atoms with Crippen LogP contribution in [-0.4, -0.2) is 53.9 Å². The number of aromatic nitrogens is 2. The Hall–Kier alpha value is -9.48. The summed E-state index contributed by atoms with van der Waals surface area (Å²) in [6, 6.07) is 146. The number of carbonyl (C=O) groups is 2. The second-order valence-corrected chi connectivity index (χ2v) is 36.5. The van der Waals surface area contributed by atoms with Gasteiger partial charge in [0.15, 0.2) is 12.6 Å². The number of hydrogen-bond donors (Lipinski definition) is 2. The van der Waals surface area contributed by atoms with Gasteiger partial charge in [-0.15, -0.1) is 0 Å². The molecule has 16 aromatic rings. The minimum absolute atomic E-state index is 0. The van der Waals surface area contributed by atoms with Crippen molar-refractivity contribution in [3.8, 4) is 23.0 Å². The number of rotatable bonds is 18. The van der Waals surface area contributed by atoms with Crippen molar-refractivity contribution in [3.05, 3.63) is 460 Å². The van der Waals surface area contributed by atoms with Crippen molar-refractivity contribution in [1.82, 2.24) is 9.97 Å². The van der Waals surface area contributed by atoms with Crippen LogP contribution in [-0.2, 0) is 20.4 Å². The van der Waals surface area contributed by atoms with Crippen LogP contribution in [0.25, 0.3) is 11.3 Å². The minimum Gasteiger partial charge on any atom is -0.480 e. The summed E-state index contributed by atoms with van der Waals surface area (Å²) >= 11 is 24.0. The molecule has 0 unspecified atom stereocenters. The van der Waals surface area contributed by atoms with E-state index in [2.05, 4.69) is 406 Å². The number of ether oxygens (including phenoxy) is 2. The Kier molecular flexibility index (Phi) is 39.3. The van der Waals surface area contributed by atoms with E-state index in [4.69, 9.17) is 54.3 Å². The SMILES string of the molecule is COc1nc(-c2cccc(Br)c2Cl)ccc1C=O.COc1nc(Cl)ccc1C=O.OB(O)c1cccc(Br)c1Cl.[Pd].c1ccc(P(c2ccccc2)c2ccccc2)cc1.c1ccc(P(c2ccccc2)c2ccccc2)cc1.c1ccc(P(c2ccccc2)c2ccccc2)cc1.c1ccc(P(c2ccccc2)c2ccccc2)cc1. The first-order chi connectivity index (χ1) is 56.9. The molecule has 0 saturated carbocycles. The molecule has 0 bridgehead atoms. The molecule has 14 aromatic carbocycles. The molecule has 2 N–H and O–H groups in total. The van der Waals surface area contributed by atoms with Gasteiger partial charge in [0.25, 0.3) is 0 Å². The van der Waals surface area contributed by atoms with Gasteiger partial charge in [-0.25, -0.2) is 9.97 Å². The molecule has 0 amide bonds. The predicted molar refractivity (Wildman–Crippen MR) is 505 cm³/mol. The number of hydrogen-bond acceptors (Lipinski definition) is 8. The van der Waals surface area contributed by atoms with Crippen molar-refractivity contribution in [2.75, 3.05) is 14.2 Å². The van der Waals surface area contributed by atoms with Crippen molar-refractivity contribution < 1.29 is 49.5 Å². The fourth-order valence-electron chi connectivity index (χ4n) is 11.7. The van der Waals surface area contributed by atoms with Gasteiger partial charge < -0.3 is 19.5 Å². The minimum atomic E-state index is -1.51. The first-order valence-electron chi connectivity index (χ1n) is 36.6. The molecule has 0 fully saturated rings. The molecule has 0 spiro atoms. The number of halogens is 5. The van der Waals surface area contributed by atoms with Gasteiger partial charge in [0.05, 0.1) is 41.1 Å². The molecule has 16 rings (SSSR count). The number of aldehydes is 2. The third-order valence-corrected chi connectivity index (χ3v) is 29.6. The molecule has 0 aliphatic heterocycles. The summed E-state index contributed by atoms with van der Waals surface area (Å²) in [5.41, 5.74) is 2.55. The van der Waals surface area contributed by atoms with Crippen molar-refractivity contribution >= 4 is 187 Å². The Morgan fingerprint density at radius 2 is 0.513 bits per heavy atom. The Balaban J connectivity index is 0.000000157. The zero-order chi connectivity index (χ0) is 81.5. The van der Waals surface area contributed by atoms with Crippen LogP contribution in [0.2, 0.25) is 15.2 Å². The maximum absolute atomic E-state index is 10.8. The van der Waals surface area contributed by atoms with E-state index in [9.17, 15) is 9.59 Å². The molecule has 0 radical (unpaired) electrons. The average Bonchev–Trinajstić information content (AvgIpc) is 0.838. The maximum atomic E-state index is 10.8. The molecule has 19 heteroatoms. The van der Waals surface area contributed by atoms with Crippen LogP contribution in [0.15, 0.2) is 434 Å². The standard InChI is InChI=1S/4C18H15P.C13H9BrClNO2.C7H6ClNO2.C6H5BBrClO2.Pd/c4*1-4-10-16(11-5-1)19(17-12-6-2-7-13-17)18-14-8-3-9-15-18;1-18-13-8(7-17)5-6-11(16-13)9-3-2-4-10(14)12(9)15;1-11-7-5(4-10)2-3-6(8)9-7;8-5-3-1-2-4(6(5)9)7(10)11;/h4*1-15H;2-7H,1H3;2-4H,1H3;1-3,10-11H;. The number of pyridine rings is 2. The molecular formula is C98H80BBr2Cl3N2O6P4Pd. The van der Waals surface area contributed by atoms with Crippen LogP contribution in [0.3, 0.4) is 0 Å². The van der Waals surface area contributed by atoms with Gasteiger partial charge in [-0.2, -0.15) is 0 Å². The number of carbonyl (C=O) groups excluding carboxylic acids is 2. The summed E-state index contributed by atoms with van der Waals surface area (Å²) < 4.78 is 11.3. The van der Waals surface area contributed by atoms with Crippen molar-refractivity contribution in [2.45, 2.75) is 0 Å². The molecule has 8 nitrogen and oxygen atoms in total. The van der Waals surface area contributed by atoms with Gasteiger partial charge in [0.1, 0.15) is 5.15 Å². The van der Waals surface area contributed by atoms with E-state index in [0.717, 1.165) is 10.0 Å². The monoisotopic (exact) mass is 1880 g/mol. The quantitative estimate of drug-likeness (QED) is 0.0377. The summed E-state index contributed by atoms with van der Waals surface area (Å²) in [6.45, 7) is 0. The first kappa shape index (κ1) is 91.4. The topological polar surface area (TPSA) is 119 Å². The number of nitrogens with zero attached hydrogens (tertiary/aromatic N) is 2. The Morgan fingerprint density at radius 3 is 0.735 bits per heavy atom. The second-order valence-electron chi connectivity index (χ2n) is 24.7. The first-order valence-corrected chi connectivity index (χ1v) is 44.7. The third kappa shape index (κ3) is 27.8. The van der Waals surface area contributed by atoms with Crippen molar-refractivity contribution in [1.29, 1.82) is 0 Å². The molecule has 0 atom stereocenters. The van der Waals surface area contributed by atoms with Crippen molar-refractivity contribution in [2.24, 2.45) is 0 Å². The second kappa shape index (κ2) is 50.3. The van der Waals surface area contributed by atoms with Gasteiger partial charge in [0, 0.05) is 40.4 Å². The van der Waals surface area contributed by atoms with Crippen LogP contribution in [0.1, 0.15) is 20.7 Å². The Labute approximate surface area is 737 Å². The van der Waals surface area contributed by atoms with Crippen LogP contribution < -0.4 is 78.6 Å². The molecule has 0 saturated heterocycles. The normalized spacial score (nSPS) is 10.2. The smallest absolute Gasteiger partial charge is 0.480 e. The molecule has 2 aromatic heterocycles. The van der Waals surface area contributed by atoms with E-state index in [1.54, 1.807) is 36.4 Å². The summed E-state index contributed by atoms with van der Waals surface area (Å²) in [7, 11) is -0.388. The summed E-state index contributed by atoms with van der Waals surface area (Å²) in [6.07, 6.45) is 1.38. The predicted octanol–water partition coefficient (Wildman–Crippen LogP) is 20.1. The molecule has 117 heavy (non-hydrogen) atoms. The van der Waals surface area contributed by atoms with Crippen LogP contribution in [0, 0.1) is 0 Å². The summed E-state index contributed by atoms with van der Waals surface area (Å²) in [5.74, 6) is 0.547. The Morgan fingerprint density at radius 1 is 0.291 bits per heavy atom. The average molecular weight is 1890 g/mol. The third-order valence-electron chi connectivity index (χ3n) is 17.0. The van der Waals surface area contributed by atoms with E-state index in [1.807, 2.05) is 18.2 Å². The van der Waals surface area contributed by atoms with Gasteiger partial charge in [0.2, 0.25) is 11.8 Å². The van der Waals surface area contributed by atoms with Gasteiger partial charge in [-0.1, -0.05) is 423 Å². The van der Waals surface area contributed by atoms with Crippen LogP contribution in [0.5, 0.6) is 11.8 Å². The summed E-state index contributed by atoms with van der Waals surface area (Å²) in [5, 5.41) is 35.6. The molecule has 586 valence electrons. The van der Waals surface area contributed by atoms with Crippen molar-refractivity contribution in [3.63, 3.8) is 0 Å². The Bertz CT molecular complexity index is 4710. The fraction of sp³-hybridized carbons (Fsp3) is 0.0204. The zero-order valence-corrected chi connectivity index (χ0v) is 74.1. The van der Waals surface area contributed by atoms with E-state index < -0.39 is 38.8 Å². The molecular weight excluding hydrogens is 1810 g/mol. The van der Waals surface area contributed by atoms with E-state index >= 15 is 0 Å². The number of methoxy groups -OCH3 is 2. The fourth-order valence-corrected chi connectivity index (χ4v) is 22.2. The van der Waals surface area contributed by atoms with Gasteiger partial charge in [-0.05, 0) is 164 Å². The summed E-state index contributed by atoms with van der Waals surface area (Å²) in [4.78, 5) is 29.2. The molecule has 2 heterocycles. The maximum Gasteiger partial charge on any atom is 0.489 e. The number of benzene rings is 14. The van der Waals surface area contributed by atoms with Crippen LogP contribution in [0.4, 0.5) is 0 Å². The largest absolute Gasteiger partial charge is 0.489 e. The van der Waals surface area contributed by atoms with E-state index in [-0.39, 0.29) is 26.3 Å². The van der Waals surface area contributed by atoms with Gasteiger partial charge in [-0.3, -0.25) is 9.59 Å². The molecule has 0 aliphatic carbocycles. The van der Waals surface area contributed by atoms with E-state index in [1.165, 1.54) is 83.9 Å². The van der Waals surface area contributed by atoms with Gasteiger partial charge >= 0.3 is 7.12 Å².